The molecule has 0 saturated carbocycles. The second kappa shape index (κ2) is 5.29. The van der Waals surface area contributed by atoms with Gasteiger partial charge in [-0.3, -0.25) is 4.90 Å². The molecule has 1 spiro atoms. The first-order valence-electron chi connectivity index (χ1n) is 8.51. The van der Waals surface area contributed by atoms with Gasteiger partial charge in [0.2, 0.25) is 0 Å². The largest absolute Gasteiger partial charge is 0.486 e. The lowest BCUT2D eigenvalue weighted by Crippen LogP contribution is -2.51. The molecule has 1 aromatic rings. The van der Waals surface area contributed by atoms with Gasteiger partial charge in [-0.2, -0.15) is 0 Å². The van der Waals surface area contributed by atoms with E-state index in [1.165, 1.54) is 49.2 Å². The number of hydrogen-bond acceptors (Lipinski definition) is 3. The van der Waals surface area contributed by atoms with Crippen molar-refractivity contribution in [2.45, 2.75) is 50.7 Å². The summed E-state index contributed by atoms with van der Waals surface area (Å²) in [7, 11) is 0. The third-order valence-corrected chi connectivity index (χ3v) is 5.58. The average molecular weight is 286 g/mol. The molecule has 0 aromatic heterocycles. The Balaban J connectivity index is 1.73. The Labute approximate surface area is 127 Å². The number of likely N-dealkylation sites (tertiary alicyclic amines) is 1. The zero-order valence-electron chi connectivity index (χ0n) is 13.0. The highest BCUT2D eigenvalue weighted by molar-refractivity contribution is 5.45. The van der Waals surface area contributed by atoms with Crippen molar-refractivity contribution in [3.8, 4) is 5.75 Å². The highest BCUT2D eigenvalue weighted by Gasteiger charge is 2.44. The van der Waals surface area contributed by atoms with Gasteiger partial charge < -0.3 is 10.1 Å². The van der Waals surface area contributed by atoms with Crippen molar-refractivity contribution in [2.24, 2.45) is 0 Å². The SMILES string of the molecule is Cc1cccc2c1OC1(CCNCC1)CC2N1CCCC1. The Morgan fingerprint density at radius 1 is 1.19 bits per heavy atom. The van der Waals surface area contributed by atoms with E-state index in [9.17, 15) is 0 Å². The van der Waals surface area contributed by atoms with Crippen LogP contribution in [0.5, 0.6) is 5.75 Å². The van der Waals surface area contributed by atoms with E-state index in [2.05, 4.69) is 35.3 Å². The second-order valence-corrected chi connectivity index (χ2v) is 6.99. The molecule has 2 saturated heterocycles. The zero-order chi connectivity index (χ0) is 14.3. The Morgan fingerprint density at radius 2 is 1.95 bits per heavy atom. The molecule has 3 nitrogen and oxygen atoms in total. The van der Waals surface area contributed by atoms with Crippen molar-refractivity contribution in [3.05, 3.63) is 29.3 Å². The first-order valence-corrected chi connectivity index (χ1v) is 8.51. The fourth-order valence-electron chi connectivity index (χ4n) is 4.37. The van der Waals surface area contributed by atoms with Gasteiger partial charge in [0.15, 0.2) is 0 Å². The van der Waals surface area contributed by atoms with Gasteiger partial charge in [-0.25, -0.2) is 0 Å². The van der Waals surface area contributed by atoms with E-state index in [1.54, 1.807) is 0 Å². The van der Waals surface area contributed by atoms with E-state index < -0.39 is 0 Å². The van der Waals surface area contributed by atoms with Crippen molar-refractivity contribution >= 4 is 0 Å². The molecule has 0 amide bonds. The van der Waals surface area contributed by atoms with Crippen LogP contribution in [0.15, 0.2) is 18.2 Å². The van der Waals surface area contributed by atoms with E-state index in [0.717, 1.165) is 25.9 Å². The Morgan fingerprint density at radius 3 is 2.71 bits per heavy atom. The van der Waals surface area contributed by atoms with Gasteiger partial charge in [0.1, 0.15) is 11.4 Å². The fourth-order valence-corrected chi connectivity index (χ4v) is 4.37. The van der Waals surface area contributed by atoms with E-state index in [1.807, 2.05) is 0 Å². The summed E-state index contributed by atoms with van der Waals surface area (Å²) in [5, 5.41) is 3.49. The Hall–Kier alpha value is -1.06. The molecule has 3 aliphatic heterocycles. The molecule has 1 N–H and O–H groups in total. The summed E-state index contributed by atoms with van der Waals surface area (Å²) < 4.78 is 6.61. The van der Waals surface area contributed by atoms with Crippen molar-refractivity contribution < 1.29 is 4.74 Å². The number of rotatable bonds is 1. The highest BCUT2D eigenvalue weighted by Crippen LogP contribution is 2.47. The smallest absolute Gasteiger partial charge is 0.127 e. The van der Waals surface area contributed by atoms with Gasteiger partial charge >= 0.3 is 0 Å². The number of nitrogens with zero attached hydrogens (tertiary/aromatic N) is 1. The van der Waals surface area contributed by atoms with Gasteiger partial charge in [-0.1, -0.05) is 18.2 Å². The van der Waals surface area contributed by atoms with Crippen LogP contribution in [0.1, 0.15) is 49.3 Å². The molecule has 0 bridgehead atoms. The number of piperidine rings is 1. The molecule has 0 aliphatic carbocycles. The van der Waals surface area contributed by atoms with Crippen LogP contribution < -0.4 is 10.1 Å². The summed E-state index contributed by atoms with van der Waals surface area (Å²) in [4.78, 5) is 2.70. The first-order chi connectivity index (χ1) is 10.3. The summed E-state index contributed by atoms with van der Waals surface area (Å²) in [6.45, 7) is 6.89. The molecule has 3 heterocycles. The fraction of sp³-hybridized carbons (Fsp3) is 0.667. The summed E-state index contributed by atoms with van der Waals surface area (Å²) in [6.07, 6.45) is 6.17. The van der Waals surface area contributed by atoms with Crippen LogP contribution in [0.25, 0.3) is 0 Å². The predicted molar refractivity (Wildman–Crippen MR) is 84.8 cm³/mol. The van der Waals surface area contributed by atoms with Crippen LogP contribution in [0.2, 0.25) is 0 Å². The van der Waals surface area contributed by atoms with Crippen LogP contribution in [-0.4, -0.2) is 36.7 Å². The number of hydrogen-bond donors (Lipinski definition) is 1. The minimum Gasteiger partial charge on any atom is -0.486 e. The molecule has 114 valence electrons. The number of fused-ring (bicyclic) bond motifs is 1. The molecule has 1 unspecified atom stereocenters. The molecule has 1 atom stereocenters. The highest BCUT2D eigenvalue weighted by atomic mass is 16.5. The standard InChI is InChI=1S/C18H26N2O/c1-14-5-4-6-15-16(20-11-2-3-12-20)13-18(21-17(14)15)7-9-19-10-8-18/h4-6,16,19H,2-3,7-13H2,1H3. The van der Waals surface area contributed by atoms with Crippen molar-refractivity contribution in [1.82, 2.24) is 10.2 Å². The second-order valence-electron chi connectivity index (χ2n) is 6.99. The maximum atomic E-state index is 6.61. The summed E-state index contributed by atoms with van der Waals surface area (Å²) in [5.74, 6) is 1.18. The van der Waals surface area contributed by atoms with Gasteiger partial charge in [0, 0.05) is 18.0 Å². The number of aryl methyl sites for hydroxylation is 1. The Bertz CT molecular complexity index is 516. The van der Waals surface area contributed by atoms with Crippen molar-refractivity contribution in [1.29, 1.82) is 0 Å². The van der Waals surface area contributed by atoms with Gasteiger partial charge in [-0.05, 0) is 64.3 Å². The van der Waals surface area contributed by atoms with Crippen LogP contribution in [0.4, 0.5) is 0 Å². The van der Waals surface area contributed by atoms with Crippen molar-refractivity contribution in [3.63, 3.8) is 0 Å². The van der Waals surface area contributed by atoms with Crippen molar-refractivity contribution in [2.75, 3.05) is 26.2 Å². The van der Waals surface area contributed by atoms with Crippen LogP contribution in [-0.2, 0) is 0 Å². The first kappa shape index (κ1) is 13.6. The predicted octanol–water partition coefficient (Wildman–Crippen LogP) is 3.04. The lowest BCUT2D eigenvalue weighted by molar-refractivity contribution is -0.0165. The third-order valence-electron chi connectivity index (χ3n) is 5.58. The molecular weight excluding hydrogens is 260 g/mol. The topological polar surface area (TPSA) is 24.5 Å². The normalized spacial score (nSPS) is 28.3. The number of nitrogens with one attached hydrogen (secondary N) is 1. The minimum absolute atomic E-state index is 0.0671. The van der Waals surface area contributed by atoms with Gasteiger partial charge in [0.25, 0.3) is 0 Å². The van der Waals surface area contributed by atoms with Gasteiger partial charge in [0.05, 0.1) is 0 Å². The molecular formula is C18H26N2O. The number of ether oxygens (including phenoxy) is 1. The molecule has 2 fully saturated rings. The molecule has 3 heteroatoms. The Kier molecular flexibility index (Phi) is 3.43. The summed E-state index contributed by atoms with van der Waals surface area (Å²) in [6, 6.07) is 7.24. The number of para-hydroxylation sites is 1. The average Bonchev–Trinajstić information content (AvgIpc) is 3.03. The third kappa shape index (κ3) is 2.36. The van der Waals surface area contributed by atoms with Crippen LogP contribution in [0, 0.1) is 6.92 Å². The minimum atomic E-state index is 0.0671. The number of benzene rings is 1. The maximum absolute atomic E-state index is 6.61. The molecule has 0 radical (unpaired) electrons. The van der Waals surface area contributed by atoms with Crippen LogP contribution >= 0.6 is 0 Å². The molecule has 21 heavy (non-hydrogen) atoms. The quantitative estimate of drug-likeness (QED) is 0.859. The van der Waals surface area contributed by atoms with Crippen LogP contribution in [0.3, 0.4) is 0 Å². The maximum Gasteiger partial charge on any atom is 0.127 e. The molecule has 4 rings (SSSR count). The summed E-state index contributed by atoms with van der Waals surface area (Å²) >= 11 is 0. The lowest BCUT2D eigenvalue weighted by atomic mass is 9.80. The lowest BCUT2D eigenvalue weighted by Gasteiger charge is -2.47. The van der Waals surface area contributed by atoms with E-state index in [-0.39, 0.29) is 5.60 Å². The zero-order valence-corrected chi connectivity index (χ0v) is 13.0. The van der Waals surface area contributed by atoms with Gasteiger partial charge in [-0.15, -0.1) is 0 Å². The molecule has 3 aliphatic rings. The summed E-state index contributed by atoms with van der Waals surface area (Å²) in [5.41, 5.74) is 2.80. The monoisotopic (exact) mass is 286 g/mol. The van der Waals surface area contributed by atoms with E-state index in [4.69, 9.17) is 4.74 Å². The van der Waals surface area contributed by atoms with E-state index in [0.29, 0.717) is 6.04 Å². The van der Waals surface area contributed by atoms with E-state index >= 15 is 0 Å². The molecule has 1 aromatic carbocycles.